The van der Waals surface area contributed by atoms with Crippen LogP contribution in [0.2, 0.25) is 5.15 Å². The van der Waals surface area contributed by atoms with Crippen LogP contribution in [0.4, 0.5) is 5.82 Å². The number of aromatic amines is 1. The molecule has 0 aromatic carbocycles. The summed E-state index contributed by atoms with van der Waals surface area (Å²) >= 11 is 6.06. The van der Waals surface area contributed by atoms with Crippen LogP contribution in [-0.4, -0.2) is 35.8 Å². The van der Waals surface area contributed by atoms with Crippen LogP contribution in [0.3, 0.4) is 0 Å². The fourth-order valence-corrected chi connectivity index (χ4v) is 2.46. The van der Waals surface area contributed by atoms with Gasteiger partial charge in [0.05, 0.1) is 24.8 Å². The molecule has 2 aromatic heterocycles. The standard InChI is InChI=1S/C12H14ClN3O/c1-8-7-17-5-4-16(8)12-9-2-3-14-10(9)6-11(13)15-12/h2-3,6,8,14H,4-5,7H2,1H3/t8-/m1/s1. The van der Waals surface area contributed by atoms with Gasteiger partial charge in [-0.15, -0.1) is 0 Å². The molecule has 0 radical (unpaired) electrons. The minimum Gasteiger partial charge on any atom is -0.377 e. The van der Waals surface area contributed by atoms with E-state index in [0.717, 1.165) is 36.5 Å². The number of fused-ring (bicyclic) bond motifs is 1. The topological polar surface area (TPSA) is 41.1 Å². The highest BCUT2D eigenvalue weighted by molar-refractivity contribution is 6.30. The van der Waals surface area contributed by atoms with Gasteiger partial charge in [0.2, 0.25) is 0 Å². The lowest BCUT2D eigenvalue weighted by Gasteiger charge is -2.34. The highest BCUT2D eigenvalue weighted by Gasteiger charge is 2.22. The summed E-state index contributed by atoms with van der Waals surface area (Å²) < 4.78 is 5.45. The fraction of sp³-hybridized carbons (Fsp3) is 0.417. The largest absolute Gasteiger partial charge is 0.377 e. The maximum Gasteiger partial charge on any atom is 0.140 e. The quantitative estimate of drug-likeness (QED) is 0.792. The van der Waals surface area contributed by atoms with Gasteiger partial charge in [-0.25, -0.2) is 4.98 Å². The van der Waals surface area contributed by atoms with Crippen molar-refractivity contribution in [1.82, 2.24) is 9.97 Å². The zero-order chi connectivity index (χ0) is 11.8. The van der Waals surface area contributed by atoms with Gasteiger partial charge in [-0.3, -0.25) is 0 Å². The summed E-state index contributed by atoms with van der Waals surface area (Å²) in [6.07, 6.45) is 1.91. The highest BCUT2D eigenvalue weighted by Crippen LogP contribution is 2.28. The van der Waals surface area contributed by atoms with E-state index in [1.165, 1.54) is 0 Å². The second-order valence-electron chi connectivity index (χ2n) is 4.32. The molecule has 1 aliphatic rings. The Kier molecular flexibility index (Phi) is 2.68. The fourth-order valence-electron chi connectivity index (χ4n) is 2.27. The number of halogens is 1. The van der Waals surface area contributed by atoms with Crippen molar-refractivity contribution in [3.8, 4) is 0 Å². The van der Waals surface area contributed by atoms with Crippen molar-refractivity contribution in [3.63, 3.8) is 0 Å². The summed E-state index contributed by atoms with van der Waals surface area (Å²) in [6, 6.07) is 4.22. The second kappa shape index (κ2) is 4.20. The molecule has 0 unspecified atom stereocenters. The van der Waals surface area contributed by atoms with Crippen molar-refractivity contribution in [1.29, 1.82) is 0 Å². The molecular formula is C12H14ClN3O. The monoisotopic (exact) mass is 251 g/mol. The summed E-state index contributed by atoms with van der Waals surface area (Å²) in [5, 5.41) is 1.64. The van der Waals surface area contributed by atoms with Gasteiger partial charge in [0.1, 0.15) is 11.0 Å². The Morgan fingerprint density at radius 3 is 3.29 bits per heavy atom. The van der Waals surface area contributed by atoms with Crippen molar-refractivity contribution >= 4 is 28.3 Å². The Labute approximate surface area is 105 Å². The number of H-pyrrole nitrogens is 1. The van der Waals surface area contributed by atoms with E-state index in [4.69, 9.17) is 16.3 Å². The Morgan fingerprint density at radius 2 is 2.47 bits per heavy atom. The van der Waals surface area contributed by atoms with Gasteiger partial charge in [-0.1, -0.05) is 11.6 Å². The van der Waals surface area contributed by atoms with E-state index in [0.29, 0.717) is 11.2 Å². The van der Waals surface area contributed by atoms with Gasteiger partial charge >= 0.3 is 0 Å². The highest BCUT2D eigenvalue weighted by atomic mass is 35.5. The lowest BCUT2D eigenvalue weighted by atomic mass is 10.2. The molecule has 0 bridgehead atoms. The summed E-state index contributed by atoms with van der Waals surface area (Å²) in [7, 11) is 0. The first-order chi connectivity index (χ1) is 8.25. The van der Waals surface area contributed by atoms with Gasteiger partial charge in [-0.05, 0) is 19.1 Å². The molecule has 0 spiro atoms. The zero-order valence-corrected chi connectivity index (χ0v) is 10.4. The first-order valence-corrected chi connectivity index (χ1v) is 6.11. The molecule has 1 fully saturated rings. The predicted octanol–water partition coefficient (Wildman–Crippen LogP) is 2.44. The minimum atomic E-state index is 0.327. The molecule has 2 aromatic rings. The number of nitrogens with one attached hydrogen (secondary N) is 1. The SMILES string of the molecule is C[C@@H]1COCCN1c1nc(Cl)cc2[nH]ccc12. The van der Waals surface area contributed by atoms with Crippen LogP contribution in [0, 0.1) is 0 Å². The first-order valence-electron chi connectivity index (χ1n) is 5.74. The number of hydrogen-bond acceptors (Lipinski definition) is 3. The van der Waals surface area contributed by atoms with Crippen molar-refractivity contribution < 1.29 is 4.74 Å². The Hall–Kier alpha value is -1.26. The van der Waals surface area contributed by atoms with E-state index in [1.54, 1.807) is 0 Å². The second-order valence-corrected chi connectivity index (χ2v) is 4.71. The predicted molar refractivity (Wildman–Crippen MR) is 68.7 cm³/mol. The smallest absolute Gasteiger partial charge is 0.140 e. The third-order valence-electron chi connectivity index (χ3n) is 3.14. The number of pyridine rings is 1. The molecule has 0 amide bonds. The van der Waals surface area contributed by atoms with Gasteiger partial charge in [0, 0.05) is 18.1 Å². The average molecular weight is 252 g/mol. The van der Waals surface area contributed by atoms with Crippen LogP contribution in [0.1, 0.15) is 6.92 Å². The van der Waals surface area contributed by atoms with Gasteiger partial charge in [0.15, 0.2) is 0 Å². The van der Waals surface area contributed by atoms with Gasteiger partial charge in [0.25, 0.3) is 0 Å². The molecule has 4 nitrogen and oxygen atoms in total. The van der Waals surface area contributed by atoms with E-state index < -0.39 is 0 Å². The maximum absolute atomic E-state index is 6.06. The molecule has 1 atom stereocenters. The molecule has 1 aliphatic heterocycles. The molecule has 1 N–H and O–H groups in total. The van der Waals surface area contributed by atoms with Crippen molar-refractivity contribution in [2.75, 3.05) is 24.7 Å². The molecule has 5 heteroatoms. The number of ether oxygens (including phenoxy) is 1. The van der Waals surface area contributed by atoms with E-state index >= 15 is 0 Å². The normalized spacial score (nSPS) is 21.1. The third kappa shape index (κ3) is 1.87. The minimum absolute atomic E-state index is 0.327. The van der Waals surface area contributed by atoms with Crippen LogP contribution in [0.15, 0.2) is 18.3 Å². The van der Waals surface area contributed by atoms with E-state index in [9.17, 15) is 0 Å². The molecule has 1 saturated heterocycles. The third-order valence-corrected chi connectivity index (χ3v) is 3.33. The summed E-state index contributed by atoms with van der Waals surface area (Å²) in [5.41, 5.74) is 1.03. The lowest BCUT2D eigenvalue weighted by molar-refractivity contribution is 0.0987. The summed E-state index contributed by atoms with van der Waals surface area (Å²) in [4.78, 5) is 9.89. The van der Waals surface area contributed by atoms with Crippen LogP contribution in [0.5, 0.6) is 0 Å². The zero-order valence-electron chi connectivity index (χ0n) is 9.61. The van der Waals surface area contributed by atoms with Crippen molar-refractivity contribution in [3.05, 3.63) is 23.5 Å². The van der Waals surface area contributed by atoms with Gasteiger partial charge < -0.3 is 14.6 Å². The first kappa shape index (κ1) is 10.9. The van der Waals surface area contributed by atoms with Crippen molar-refractivity contribution in [2.24, 2.45) is 0 Å². The molecule has 0 saturated carbocycles. The average Bonchev–Trinajstić information content (AvgIpc) is 2.76. The van der Waals surface area contributed by atoms with Gasteiger partial charge in [-0.2, -0.15) is 0 Å². The number of hydrogen-bond donors (Lipinski definition) is 1. The van der Waals surface area contributed by atoms with Crippen LogP contribution < -0.4 is 4.90 Å². The van der Waals surface area contributed by atoms with E-state index in [1.807, 2.05) is 18.3 Å². The maximum atomic E-state index is 6.06. The summed E-state index contributed by atoms with van der Waals surface area (Å²) in [6.45, 7) is 4.47. The number of nitrogens with zero attached hydrogens (tertiary/aromatic N) is 2. The lowest BCUT2D eigenvalue weighted by Crippen LogP contribution is -2.44. The molecule has 3 rings (SSSR count). The van der Waals surface area contributed by atoms with Crippen LogP contribution in [0.25, 0.3) is 10.9 Å². The number of anilines is 1. The molecule has 3 heterocycles. The van der Waals surface area contributed by atoms with Crippen LogP contribution in [-0.2, 0) is 4.74 Å². The Bertz CT molecular complexity index is 540. The number of rotatable bonds is 1. The Morgan fingerprint density at radius 1 is 1.59 bits per heavy atom. The number of aromatic nitrogens is 2. The summed E-state index contributed by atoms with van der Waals surface area (Å²) in [5.74, 6) is 0.949. The van der Waals surface area contributed by atoms with Crippen molar-refractivity contribution in [2.45, 2.75) is 13.0 Å². The molecule has 0 aliphatic carbocycles. The molecule has 17 heavy (non-hydrogen) atoms. The van der Waals surface area contributed by atoms with E-state index in [-0.39, 0.29) is 0 Å². The number of morpholine rings is 1. The Balaban J connectivity index is 2.11. The van der Waals surface area contributed by atoms with Crippen LogP contribution >= 0.6 is 11.6 Å². The molecule has 90 valence electrons. The van der Waals surface area contributed by atoms with E-state index in [2.05, 4.69) is 21.8 Å². The molecular weight excluding hydrogens is 238 g/mol.